The van der Waals surface area contributed by atoms with Crippen molar-refractivity contribution < 1.29 is 9.63 Å². The van der Waals surface area contributed by atoms with Crippen molar-refractivity contribution in [2.45, 2.75) is 0 Å². The Bertz CT molecular complexity index is 377. The maximum Gasteiger partial charge on any atom is 0.269 e. The van der Waals surface area contributed by atoms with E-state index in [1.54, 1.807) is 19.2 Å². The summed E-state index contributed by atoms with van der Waals surface area (Å²) in [7, 11) is 2.97. The molecule has 0 saturated carbocycles. The van der Waals surface area contributed by atoms with Crippen LogP contribution in [0.3, 0.4) is 0 Å². The summed E-state index contributed by atoms with van der Waals surface area (Å²) in [6.45, 7) is 0. The lowest BCUT2D eigenvalue weighted by atomic mass is 10.2. The van der Waals surface area contributed by atoms with E-state index < -0.39 is 0 Å². The van der Waals surface area contributed by atoms with E-state index in [0.717, 1.165) is 10.6 Å². The summed E-state index contributed by atoms with van der Waals surface area (Å²) in [6, 6.07) is 7.30. The highest BCUT2D eigenvalue weighted by molar-refractivity contribution is 6.32. The van der Waals surface area contributed by atoms with Gasteiger partial charge < -0.3 is 0 Å². The monoisotopic (exact) mass is 225 g/mol. The first-order valence-corrected chi connectivity index (χ1v) is 4.77. The summed E-state index contributed by atoms with van der Waals surface area (Å²) in [4.78, 5) is 16.1. The Morgan fingerprint density at radius 3 is 2.73 bits per heavy atom. The van der Waals surface area contributed by atoms with E-state index >= 15 is 0 Å². The summed E-state index contributed by atoms with van der Waals surface area (Å²) in [5, 5.41) is 1.74. The highest BCUT2D eigenvalue weighted by Gasteiger charge is 2.02. The summed E-state index contributed by atoms with van der Waals surface area (Å²) < 4.78 is 0. The predicted molar refractivity (Wildman–Crippen MR) is 60.3 cm³/mol. The molecule has 80 valence electrons. The van der Waals surface area contributed by atoms with Crippen molar-refractivity contribution in [3.05, 3.63) is 40.9 Å². The third-order valence-corrected chi connectivity index (χ3v) is 2.24. The molecule has 0 N–H and O–H groups in total. The summed E-state index contributed by atoms with van der Waals surface area (Å²) in [5.74, 6) is -0.239. The predicted octanol–water partition coefficient (Wildman–Crippen LogP) is 2.37. The van der Waals surface area contributed by atoms with Crippen molar-refractivity contribution in [1.82, 2.24) is 5.06 Å². The largest absolute Gasteiger partial charge is 0.274 e. The van der Waals surface area contributed by atoms with Gasteiger partial charge in [0.15, 0.2) is 0 Å². The van der Waals surface area contributed by atoms with Gasteiger partial charge in [0.25, 0.3) is 5.91 Å². The van der Waals surface area contributed by atoms with Gasteiger partial charge in [0.2, 0.25) is 0 Å². The van der Waals surface area contributed by atoms with Crippen LogP contribution < -0.4 is 0 Å². The normalized spacial score (nSPS) is 10.6. The number of amides is 1. The van der Waals surface area contributed by atoms with Gasteiger partial charge in [-0.25, -0.2) is 5.06 Å². The molecule has 0 fully saturated rings. The van der Waals surface area contributed by atoms with Gasteiger partial charge >= 0.3 is 0 Å². The molecule has 0 aromatic heterocycles. The number of carbonyl (C=O) groups excluding carboxylic acids is 1. The van der Waals surface area contributed by atoms with Gasteiger partial charge in [0.1, 0.15) is 0 Å². The zero-order chi connectivity index (χ0) is 11.3. The topological polar surface area (TPSA) is 29.5 Å². The molecule has 0 bridgehead atoms. The van der Waals surface area contributed by atoms with E-state index in [1.165, 1.54) is 13.2 Å². The van der Waals surface area contributed by atoms with Crippen molar-refractivity contribution in [2.24, 2.45) is 0 Å². The van der Waals surface area contributed by atoms with Gasteiger partial charge in [0, 0.05) is 18.1 Å². The average molecular weight is 226 g/mol. The molecule has 1 aromatic rings. The van der Waals surface area contributed by atoms with Crippen LogP contribution in [0.1, 0.15) is 5.56 Å². The zero-order valence-corrected chi connectivity index (χ0v) is 9.36. The second-order valence-corrected chi connectivity index (χ2v) is 3.28. The zero-order valence-electron chi connectivity index (χ0n) is 8.61. The van der Waals surface area contributed by atoms with Crippen LogP contribution in [0.25, 0.3) is 6.08 Å². The molecule has 1 aromatic carbocycles. The van der Waals surface area contributed by atoms with Crippen LogP contribution in [-0.4, -0.2) is 25.1 Å². The molecule has 1 amide bonds. The maximum absolute atomic E-state index is 11.3. The SMILES string of the molecule is CON(C)C(=O)/C=C/c1ccccc1Cl. The van der Waals surface area contributed by atoms with Crippen molar-refractivity contribution in [1.29, 1.82) is 0 Å². The molecule has 0 unspecified atom stereocenters. The fourth-order valence-corrected chi connectivity index (χ4v) is 1.16. The van der Waals surface area contributed by atoms with E-state index in [2.05, 4.69) is 0 Å². The number of hydrogen-bond acceptors (Lipinski definition) is 2. The fraction of sp³-hybridized carbons (Fsp3) is 0.182. The summed E-state index contributed by atoms with van der Waals surface area (Å²) >= 11 is 5.91. The minimum Gasteiger partial charge on any atom is -0.274 e. The molecule has 0 atom stereocenters. The van der Waals surface area contributed by atoms with Gasteiger partial charge in [-0.05, 0) is 17.7 Å². The molecule has 0 aliphatic carbocycles. The lowest BCUT2D eigenvalue weighted by Crippen LogP contribution is -2.22. The Morgan fingerprint density at radius 2 is 2.13 bits per heavy atom. The number of likely N-dealkylation sites (N-methyl/N-ethyl adjacent to an activating group) is 1. The van der Waals surface area contributed by atoms with E-state index in [-0.39, 0.29) is 5.91 Å². The number of rotatable bonds is 3. The summed E-state index contributed by atoms with van der Waals surface area (Å²) in [5.41, 5.74) is 0.803. The highest BCUT2D eigenvalue weighted by Crippen LogP contribution is 2.16. The van der Waals surface area contributed by atoms with E-state index in [0.29, 0.717) is 5.02 Å². The molecule has 0 saturated heterocycles. The first-order chi connectivity index (χ1) is 7.15. The fourth-order valence-electron chi connectivity index (χ4n) is 0.966. The molecule has 3 nitrogen and oxygen atoms in total. The van der Waals surface area contributed by atoms with Crippen LogP contribution in [0.4, 0.5) is 0 Å². The Morgan fingerprint density at radius 1 is 1.47 bits per heavy atom. The molecule has 0 spiro atoms. The van der Waals surface area contributed by atoms with Gasteiger partial charge in [-0.1, -0.05) is 29.8 Å². The van der Waals surface area contributed by atoms with Crippen molar-refractivity contribution in [3.8, 4) is 0 Å². The standard InChI is InChI=1S/C11H12ClNO2/c1-13(15-2)11(14)8-7-9-5-3-4-6-10(9)12/h3-8H,1-2H3/b8-7+. The number of hydroxylamine groups is 2. The molecular formula is C11H12ClNO2. The molecule has 1 rings (SSSR count). The van der Waals surface area contributed by atoms with Crippen LogP contribution in [0.15, 0.2) is 30.3 Å². The van der Waals surface area contributed by atoms with Crippen LogP contribution >= 0.6 is 11.6 Å². The van der Waals surface area contributed by atoms with E-state index in [1.807, 2.05) is 18.2 Å². The first-order valence-electron chi connectivity index (χ1n) is 4.39. The third-order valence-electron chi connectivity index (χ3n) is 1.89. The number of carbonyl (C=O) groups is 1. The van der Waals surface area contributed by atoms with Gasteiger partial charge in [-0.2, -0.15) is 0 Å². The van der Waals surface area contributed by atoms with Crippen LogP contribution in [0.5, 0.6) is 0 Å². The van der Waals surface area contributed by atoms with Gasteiger partial charge in [0.05, 0.1) is 7.11 Å². The van der Waals surface area contributed by atoms with Crippen molar-refractivity contribution >= 4 is 23.6 Å². The Hall–Kier alpha value is -1.32. The van der Waals surface area contributed by atoms with Crippen LogP contribution in [-0.2, 0) is 9.63 Å². The molecular weight excluding hydrogens is 214 g/mol. The quantitative estimate of drug-likeness (QED) is 0.584. The molecule has 0 aliphatic rings. The van der Waals surface area contributed by atoms with E-state index in [4.69, 9.17) is 16.4 Å². The van der Waals surface area contributed by atoms with Crippen molar-refractivity contribution in [2.75, 3.05) is 14.2 Å². The van der Waals surface area contributed by atoms with Crippen molar-refractivity contribution in [3.63, 3.8) is 0 Å². The third kappa shape index (κ3) is 3.38. The Balaban J connectivity index is 2.74. The number of halogens is 1. The Labute approximate surface area is 93.9 Å². The molecule has 0 heterocycles. The smallest absolute Gasteiger partial charge is 0.269 e. The second-order valence-electron chi connectivity index (χ2n) is 2.87. The minimum absolute atomic E-state index is 0.239. The lowest BCUT2D eigenvalue weighted by Gasteiger charge is -2.10. The highest BCUT2D eigenvalue weighted by atomic mass is 35.5. The van der Waals surface area contributed by atoms with Gasteiger partial charge in [-0.3, -0.25) is 9.63 Å². The minimum atomic E-state index is -0.239. The van der Waals surface area contributed by atoms with Crippen LogP contribution in [0.2, 0.25) is 5.02 Å². The number of hydrogen-bond donors (Lipinski definition) is 0. The molecule has 0 radical (unpaired) electrons. The average Bonchev–Trinajstić information content (AvgIpc) is 2.26. The van der Waals surface area contributed by atoms with E-state index in [9.17, 15) is 4.79 Å². The maximum atomic E-state index is 11.3. The lowest BCUT2D eigenvalue weighted by molar-refractivity contribution is -0.162. The first kappa shape index (κ1) is 11.8. The number of benzene rings is 1. The summed E-state index contributed by atoms with van der Waals surface area (Å²) in [6.07, 6.45) is 3.06. The molecule has 15 heavy (non-hydrogen) atoms. The second kappa shape index (κ2) is 5.53. The molecule has 4 heteroatoms. The Kier molecular flexibility index (Phi) is 4.34. The van der Waals surface area contributed by atoms with Gasteiger partial charge in [-0.15, -0.1) is 0 Å². The number of nitrogens with zero attached hydrogens (tertiary/aromatic N) is 1. The van der Waals surface area contributed by atoms with Crippen LogP contribution in [0, 0.1) is 0 Å². The molecule has 0 aliphatic heterocycles.